The van der Waals surface area contributed by atoms with Crippen LogP contribution in [0.2, 0.25) is 0 Å². The van der Waals surface area contributed by atoms with Crippen LogP contribution in [0, 0.1) is 0 Å². The van der Waals surface area contributed by atoms with Gasteiger partial charge in [-0.2, -0.15) is 0 Å². The van der Waals surface area contributed by atoms with Crippen LogP contribution in [0.1, 0.15) is 34.6 Å². The Balaban J connectivity index is 1.27. The molecule has 0 unspecified atom stereocenters. The summed E-state index contributed by atoms with van der Waals surface area (Å²) in [5.74, 6) is 0.352. The van der Waals surface area contributed by atoms with Crippen molar-refractivity contribution in [1.82, 2.24) is 0 Å². The van der Waals surface area contributed by atoms with Gasteiger partial charge in [-0.15, -0.1) is 0 Å². The average Bonchev–Trinajstić information content (AvgIpc) is 3.65. The molecule has 0 spiro atoms. The van der Waals surface area contributed by atoms with Crippen LogP contribution in [0.25, 0.3) is 30.0 Å². The van der Waals surface area contributed by atoms with Crippen molar-refractivity contribution < 1.29 is 23.8 Å². The van der Waals surface area contributed by atoms with Gasteiger partial charge in [0.25, 0.3) is 0 Å². The molecule has 5 aromatic rings. The first-order valence-electron chi connectivity index (χ1n) is 14.9. The lowest BCUT2D eigenvalue weighted by Crippen LogP contribution is -2.16. The highest BCUT2D eigenvalue weighted by atomic mass is 32.2. The molecular weight excluding hydrogens is 665 g/mol. The number of hydrogen-bond donors (Lipinski definition) is 0. The number of hydrogen-bond acceptors (Lipinski definition) is 9. The normalized spacial score (nSPS) is 17.0. The Morgan fingerprint density at radius 1 is 0.489 bits per heavy atom. The predicted molar refractivity (Wildman–Crippen MR) is 197 cm³/mol. The number of allylic oxidation sites excluding steroid dienone is 2. The van der Waals surface area contributed by atoms with Crippen molar-refractivity contribution in [2.75, 3.05) is 13.2 Å². The van der Waals surface area contributed by atoms with Crippen LogP contribution >= 0.6 is 47.0 Å². The van der Waals surface area contributed by atoms with Crippen LogP contribution in [0.4, 0.5) is 0 Å². The van der Waals surface area contributed by atoms with Gasteiger partial charge in [-0.3, -0.25) is 0 Å². The molecule has 5 nitrogen and oxygen atoms in total. The number of benzene rings is 5. The minimum absolute atomic E-state index is 0.199. The second-order valence-corrected chi connectivity index (χ2v) is 16.3. The molecule has 5 aromatic carbocycles. The molecule has 6 heterocycles. The van der Waals surface area contributed by atoms with E-state index in [0.29, 0.717) is 22.6 Å². The third-order valence-corrected chi connectivity index (χ3v) is 13.4. The molecule has 0 saturated heterocycles. The number of esters is 2. The number of carbonyl (C=O) groups excluding carboxylic acids is 2. The van der Waals surface area contributed by atoms with E-state index < -0.39 is 11.9 Å². The summed E-state index contributed by atoms with van der Waals surface area (Å²) in [6.07, 6.45) is 0. The number of fused-ring (bicyclic) bond motifs is 2. The molecule has 0 aliphatic carbocycles. The smallest absolute Gasteiger partial charge is 0.338 e. The topological polar surface area (TPSA) is 61.8 Å². The van der Waals surface area contributed by atoms with Crippen molar-refractivity contribution in [3.8, 4) is 11.5 Å². The van der Waals surface area contributed by atoms with E-state index in [1.807, 2.05) is 0 Å². The van der Waals surface area contributed by atoms with Crippen LogP contribution < -0.4 is 15.2 Å². The first-order valence-corrected chi connectivity index (χ1v) is 18.2. The molecule has 11 rings (SSSR count). The van der Waals surface area contributed by atoms with Crippen LogP contribution in [-0.4, -0.2) is 25.2 Å². The predicted octanol–water partition coefficient (Wildman–Crippen LogP) is 9.37. The summed E-state index contributed by atoms with van der Waals surface area (Å²) in [5.41, 5.74) is 0.888. The summed E-state index contributed by atoms with van der Waals surface area (Å²) in [4.78, 5) is 30.4. The van der Waals surface area contributed by atoms with Gasteiger partial charge < -0.3 is 14.2 Å². The molecule has 0 radical (unpaired) electrons. The SMILES string of the molecule is CC1=C2COC(=O)c3ccc(cc3)Oc3ccc(cc3)C(=O)OCC3=C(C)SC(=c4c5ccccc5c(c5ccccc45)=C(S1)S2)S3. The van der Waals surface area contributed by atoms with Gasteiger partial charge in [-0.05, 0) is 83.9 Å². The van der Waals surface area contributed by atoms with E-state index >= 15 is 0 Å². The summed E-state index contributed by atoms with van der Waals surface area (Å²) in [7, 11) is 0. The Morgan fingerprint density at radius 3 is 1.21 bits per heavy atom. The average molecular weight is 691 g/mol. The summed E-state index contributed by atoms with van der Waals surface area (Å²) in [6, 6.07) is 30.8. The summed E-state index contributed by atoms with van der Waals surface area (Å²) < 4.78 is 19.9. The van der Waals surface area contributed by atoms with Crippen molar-refractivity contribution in [2.45, 2.75) is 13.8 Å². The zero-order valence-corrected chi connectivity index (χ0v) is 28.6. The van der Waals surface area contributed by atoms with Crippen LogP contribution in [0.5, 0.6) is 11.5 Å². The van der Waals surface area contributed by atoms with Crippen molar-refractivity contribution in [1.29, 1.82) is 0 Å². The molecular formula is C38H26O5S4. The van der Waals surface area contributed by atoms with E-state index in [0.717, 1.165) is 19.6 Å². The molecule has 0 fully saturated rings. The van der Waals surface area contributed by atoms with Crippen LogP contribution in [0.15, 0.2) is 117 Å². The third kappa shape index (κ3) is 5.75. The Kier molecular flexibility index (Phi) is 8.09. The van der Waals surface area contributed by atoms with Gasteiger partial charge in [0, 0.05) is 30.1 Å². The minimum atomic E-state index is -0.392. The molecule has 6 aliphatic rings. The lowest BCUT2D eigenvalue weighted by atomic mass is 9.99. The monoisotopic (exact) mass is 690 g/mol. The van der Waals surface area contributed by atoms with E-state index in [4.69, 9.17) is 14.2 Å². The van der Waals surface area contributed by atoms with Crippen molar-refractivity contribution >= 4 is 89.0 Å². The number of ether oxygens (including phenoxy) is 3. The fourth-order valence-corrected chi connectivity index (χ4v) is 11.1. The van der Waals surface area contributed by atoms with E-state index in [1.165, 1.54) is 40.5 Å². The first kappa shape index (κ1) is 30.3. The highest BCUT2D eigenvalue weighted by Crippen LogP contribution is 2.51. The van der Waals surface area contributed by atoms with Crippen molar-refractivity contribution in [3.63, 3.8) is 0 Å². The standard InChI is InChI=1S/C38H26O5S4/c1-21-31-19-41-35(39)23-11-15-25(16-12-23)43-26-17-13-24(14-18-26)36(40)42-20-32-22(2)45-38(47-32)34-29-9-5-3-7-27(29)33(37(44-21)46-31)28-8-4-6-10-30(28)34/h3-18H,19-20H2,1-2H3. The van der Waals surface area contributed by atoms with Crippen LogP contribution in [-0.2, 0) is 9.47 Å². The Bertz CT molecular complexity index is 2100. The quantitative estimate of drug-likeness (QED) is 0.117. The van der Waals surface area contributed by atoms with Gasteiger partial charge >= 0.3 is 11.9 Å². The first-order chi connectivity index (χ1) is 22.9. The zero-order valence-electron chi connectivity index (χ0n) is 25.3. The lowest BCUT2D eigenvalue weighted by Gasteiger charge is -2.11. The fourth-order valence-electron chi connectivity index (χ4n) is 5.72. The second-order valence-electron chi connectivity index (χ2n) is 11.1. The van der Waals surface area contributed by atoms with Gasteiger partial charge in [0.15, 0.2) is 0 Å². The number of carbonyl (C=O) groups is 2. The van der Waals surface area contributed by atoms with Gasteiger partial charge in [0.2, 0.25) is 0 Å². The highest BCUT2D eigenvalue weighted by molar-refractivity contribution is 8.36. The molecule has 0 saturated carbocycles. The largest absolute Gasteiger partial charge is 0.457 e. The second kappa shape index (κ2) is 12.5. The minimum Gasteiger partial charge on any atom is -0.457 e. The maximum Gasteiger partial charge on any atom is 0.338 e. The molecule has 47 heavy (non-hydrogen) atoms. The third-order valence-electron chi connectivity index (χ3n) is 8.13. The molecule has 232 valence electrons. The van der Waals surface area contributed by atoms with Crippen molar-refractivity contribution in [2.24, 2.45) is 0 Å². The fraction of sp³-hybridized carbons (Fsp3) is 0.105. The molecule has 0 atom stereocenters. The molecule has 9 heteroatoms. The Hall–Kier alpha value is -4.02. The maximum absolute atomic E-state index is 13.0. The lowest BCUT2D eigenvalue weighted by molar-refractivity contribution is 0.0537. The van der Waals surface area contributed by atoms with Gasteiger partial charge in [-0.1, -0.05) is 95.6 Å². The highest BCUT2D eigenvalue weighted by Gasteiger charge is 2.25. The summed E-state index contributed by atoms with van der Waals surface area (Å²) in [6.45, 7) is 4.57. The van der Waals surface area contributed by atoms with Crippen molar-refractivity contribution in [3.05, 3.63) is 138 Å². The van der Waals surface area contributed by atoms with E-state index in [9.17, 15) is 9.59 Å². The summed E-state index contributed by atoms with van der Waals surface area (Å²) in [5, 5.41) is 7.06. The molecule has 0 N–H and O–H groups in total. The van der Waals surface area contributed by atoms with Gasteiger partial charge in [0.05, 0.1) is 19.6 Å². The number of thioether (sulfide) groups is 4. The van der Waals surface area contributed by atoms with Gasteiger partial charge in [0.1, 0.15) is 24.7 Å². The maximum atomic E-state index is 13.0. The van der Waals surface area contributed by atoms with E-state index in [-0.39, 0.29) is 13.2 Å². The number of rotatable bonds is 0. The van der Waals surface area contributed by atoms with Crippen LogP contribution in [0.3, 0.4) is 0 Å². The zero-order chi connectivity index (χ0) is 32.1. The Morgan fingerprint density at radius 2 is 0.851 bits per heavy atom. The summed E-state index contributed by atoms with van der Waals surface area (Å²) >= 11 is 6.83. The van der Waals surface area contributed by atoms with E-state index in [2.05, 4.69) is 62.4 Å². The molecule has 0 amide bonds. The van der Waals surface area contributed by atoms with E-state index in [1.54, 1.807) is 95.6 Å². The molecule has 0 aromatic heterocycles. The molecule has 10 bridgehead atoms. The molecule has 6 aliphatic heterocycles. The van der Waals surface area contributed by atoms with Gasteiger partial charge in [-0.25, -0.2) is 9.59 Å². The Labute approximate surface area is 288 Å².